The molecule has 4 unspecified atom stereocenters. The Kier molecular flexibility index (Phi) is 4.54. The summed E-state index contributed by atoms with van der Waals surface area (Å²) in [4.78, 5) is 10.8. The van der Waals surface area contributed by atoms with Gasteiger partial charge in [-0.05, 0) is 19.8 Å². The monoisotopic (exact) mass is 215 g/mol. The highest BCUT2D eigenvalue weighted by Gasteiger charge is 2.27. The summed E-state index contributed by atoms with van der Waals surface area (Å²) in [6.07, 6.45) is 3.64. The number of carboxylic acid groups (broad SMARTS) is 1. The van der Waals surface area contributed by atoms with Crippen LogP contribution >= 0.6 is 0 Å². The third-order valence-electron chi connectivity index (χ3n) is 3.35. The molecular formula is C11H21NO3. The summed E-state index contributed by atoms with van der Waals surface area (Å²) in [5.74, 6) is -1.21. The number of carboxylic acids is 1. The van der Waals surface area contributed by atoms with Crippen LogP contribution in [0.1, 0.15) is 39.5 Å². The van der Waals surface area contributed by atoms with E-state index in [9.17, 15) is 9.90 Å². The molecule has 0 bridgehead atoms. The molecule has 1 rings (SSSR count). The standard InChI is InChI=1S/C11H21NO3/c1-7(11(14)15)8(2)12-9-5-3-4-6-10(9)13/h7-10,12-13H,3-6H2,1-2H3,(H,14,15). The Morgan fingerprint density at radius 1 is 1.33 bits per heavy atom. The summed E-state index contributed by atoms with van der Waals surface area (Å²) in [7, 11) is 0. The van der Waals surface area contributed by atoms with Gasteiger partial charge in [-0.25, -0.2) is 0 Å². The summed E-state index contributed by atoms with van der Waals surface area (Å²) in [5, 5.41) is 21.8. The molecule has 0 saturated heterocycles. The topological polar surface area (TPSA) is 69.6 Å². The molecule has 0 spiro atoms. The van der Waals surface area contributed by atoms with E-state index in [1.54, 1.807) is 6.92 Å². The molecule has 0 amide bonds. The fourth-order valence-corrected chi connectivity index (χ4v) is 2.00. The molecule has 4 heteroatoms. The minimum Gasteiger partial charge on any atom is -0.481 e. The average molecular weight is 215 g/mol. The maximum atomic E-state index is 10.8. The van der Waals surface area contributed by atoms with Crippen molar-refractivity contribution in [3.63, 3.8) is 0 Å². The largest absolute Gasteiger partial charge is 0.481 e. The van der Waals surface area contributed by atoms with Crippen LogP contribution in [0.2, 0.25) is 0 Å². The van der Waals surface area contributed by atoms with Crippen molar-refractivity contribution in [2.75, 3.05) is 0 Å². The Morgan fingerprint density at radius 2 is 1.93 bits per heavy atom. The zero-order valence-electron chi connectivity index (χ0n) is 9.44. The van der Waals surface area contributed by atoms with Gasteiger partial charge in [0.05, 0.1) is 12.0 Å². The lowest BCUT2D eigenvalue weighted by molar-refractivity contribution is -0.142. The van der Waals surface area contributed by atoms with Gasteiger partial charge in [0.1, 0.15) is 0 Å². The maximum Gasteiger partial charge on any atom is 0.307 e. The summed E-state index contributed by atoms with van der Waals surface area (Å²) < 4.78 is 0. The van der Waals surface area contributed by atoms with Gasteiger partial charge < -0.3 is 15.5 Å². The molecule has 1 saturated carbocycles. The number of carbonyl (C=O) groups is 1. The molecule has 4 nitrogen and oxygen atoms in total. The second kappa shape index (κ2) is 5.47. The lowest BCUT2D eigenvalue weighted by Crippen LogP contribution is -2.49. The molecule has 0 heterocycles. The molecule has 88 valence electrons. The van der Waals surface area contributed by atoms with Crippen molar-refractivity contribution in [1.82, 2.24) is 5.32 Å². The Morgan fingerprint density at radius 3 is 2.47 bits per heavy atom. The van der Waals surface area contributed by atoms with Gasteiger partial charge in [0.2, 0.25) is 0 Å². The third kappa shape index (κ3) is 3.47. The number of aliphatic carboxylic acids is 1. The number of aliphatic hydroxyl groups is 1. The van der Waals surface area contributed by atoms with Crippen molar-refractivity contribution in [3.05, 3.63) is 0 Å². The molecule has 1 aliphatic carbocycles. The van der Waals surface area contributed by atoms with E-state index >= 15 is 0 Å². The molecule has 3 N–H and O–H groups in total. The van der Waals surface area contributed by atoms with Crippen LogP contribution in [0.4, 0.5) is 0 Å². The lowest BCUT2D eigenvalue weighted by Gasteiger charge is -2.32. The quantitative estimate of drug-likeness (QED) is 0.654. The highest BCUT2D eigenvalue weighted by atomic mass is 16.4. The molecule has 4 atom stereocenters. The molecule has 0 aromatic carbocycles. The van der Waals surface area contributed by atoms with Gasteiger partial charge in [0.25, 0.3) is 0 Å². The predicted octanol–water partition coefficient (Wildman–Crippen LogP) is 0.989. The van der Waals surface area contributed by atoms with Crippen molar-refractivity contribution >= 4 is 5.97 Å². The third-order valence-corrected chi connectivity index (χ3v) is 3.35. The van der Waals surface area contributed by atoms with Crippen molar-refractivity contribution in [2.24, 2.45) is 5.92 Å². The summed E-state index contributed by atoms with van der Waals surface area (Å²) in [5.41, 5.74) is 0. The van der Waals surface area contributed by atoms with Gasteiger partial charge in [-0.1, -0.05) is 19.8 Å². The minimum atomic E-state index is -0.791. The first kappa shape index (κ1) is 12.5. The summed E-state index contributed by atoms with van der Waals surface area (Å²) in [6.45, 7) is 3.55. The molecule has 0 radical (unpaired) electrons. The van der Waals surface area contributed by atoms with Crippen LogP contribution < -0.4 is 5.32 Å². The van der Waals surface area contributed by atoms with Crippen LogP contribution in [0.3, 0.4) is 0 Å². The maximum absolute atomic E-state index is 10.8. The first-order chi connectivity index (χ1) is 7.02. The van der Waals surface area contributed by atoms with E-state index in [2.05, 4.69) is 5.32 Å². The zero-order valence-corrected chi connectivity index (χ0v) is 9.44. The first-order valence-electron chi connectivity index (χ1n) is 5.69. The van der Waals surface area contributed by atoms with Gasteiger partial charge in [0.15, 0.2) is 0 Å². The van der Waals surface area contributed by atoms with E-state index in [-0.39, 0.29) is 18.2 Å². The van der Waals surface area contributed by atoms with Crippen LogP contribution in [0.15, 0.2) is 0 Å². The second-order valence-corrected chi connectivity index (χ2v) is 4.54. The lowest BCUT2D eigenvalue weighted by atomic mass is 9.91. The number of nitrogens with one attached hydrogen (secondary N) is 1. The van der Waals surface area contributed by atoms with Gasteiger partial charge in [-0.15, -0.1) is 0 Å². The van der Waals surface area contributed by atoms with E-state index in [4.69, 9.17) is 5.11 Å². The smallest absolute Gasteiger partial charge is 0.307 e. The van der Waals surface area contributed by atoms with E-state index in [1.165, 1.54) is 0 Å². The Labute approximate surface area is 90.7 Å². The van der Waals surface area contributed by atoms with Gasteiger partial charge in [-0.3, -0.25) is 4.79 Å². The fourth-order valence-electron chi connectivity index (χ4n) is 2.00. The fraction of sp³-hybridized carbons (Fsp3) is 0.909. The first-order valence-corrected chi connectivity index (χ1v) is 5.69. The predicted molar refractivity (Wildman–Crippen MR) is 57.7 cm³/mol. The molecule has 0 aliphatic heterocycles. The van der Waals surface area contributed by atoms with E-state index in [0.29, 0.717) is 0 Å². The zero-order chi connectivity index (χ0) is 11.4. The van der Waals surface area contributed by atoms with Crippen molar-refractivity contribution in [2.45, 2.75) is 57.7 Å². The van der Waals surface area contributed by atoms with E-state index < -0.39 is 11.9 Å². The summed E-state index contributed by atoms with van der Waals surface area (Å²) in [6, 6.07) is -0.0317. The highest BCUT2D eigenvalue weighted by Crippen LogP contribution is 2.19. The Hall–Kier alpha value is -0.610. The van der Waals surface area contributed by atoms with E-state index in [1.807, 2.05) is 6.92 Å². The van der Waals surface area contributed by atoms with Crippen LogP contribution in [-0.2, 0) is 4.79 Å². The van der Waals surface area contributed by atoms with Crippen LogP contribution in [-0.4, -0.2) is 34.4 Å². The van der Waals surface area contributed by atoms with Gasteiger partial charge in [-0.2, -0.15) is 0 Å². The molecule has 0 aromatic heterocycles. The summed E-state index contributed by atoms with van der Waals surface area (Å²) >= 11 is 0. The van der Waals surface area contributed by atoms with Crippen molar-refractivity contribution in [1.29, 1.82) is 0 Å². The SMILES string of the molecule is CC(NC1CCCCC1O)C(C)C(=O)O. The minimum absolute atomic E-state index is 0.0653. The van der Waals surface area contributed by atoms with Crippen LogP contribution in [0.25, 0.3) is 0 Å². The molecule has 1 fully saturated rings. The Balaban J connectivity index is 2.42. The van der Waals surface area contributed by atoms with Crippen molar-refractivity contribution < 1.29 is 15.0 Å². The normalized spacial score (nSPS) is 30.9. The average Bonchev–Trinajstić information content (AvgIpc) is 2.20. The molecule has 0 aromatic rings. The number of rotatable bonds is 4. The van der Waals surface area contributed by atoms with Gasteiger partial charge in [0, 0.05) is 12.1 Å². The Bertz CT molecular complexity index is 220. The van der Waals surface area contributed by atoms with E-state index in [0.717, 1.165) is 25.7 Å². The number of hydrogen-bond donors (Lipinski definition) is 3. The molecule has 1 aliphatic rings. The van der Waals surface area contributed by atoms with Gasteiger partial charge >= 0.3 is 5.97 Å². The van der Waals surface area contributed by atoms with Crippen LogP contribution in [0.5, 0.6) is 0 Å². The number of hydrogen-bond acceptors (Lipinski definition) is 3. The molecule has 15 heavy (non-hydrogen) atoms. The number of aliphatic hydroxyl groups excluding tert-OH is 1. The van der Waals surface area contributed by atoms with Crippen LogP contribution in [0, 0.1) is 5.92 Å². The second-order valence-electron chi connectivity index (χ2n) is 4.54. The highest BCUT2D eigenvalue weighted by molar-refractivity contribution is 5.70. The molecular weight excluding hydrogens is 194 g/mol. The van der Waals surface area contributed by atoms with Crippen molar-refractivity contribution in [3.8, 4) is 0 Å².